The molecule has 264 valence electrons. The zero-order valence-corrected chi connectivity index (χ0v) is 31.4. The summed E-state index contributed by atoms with van der Waals surface area (Å²) in [7, 11) is 0. The summed E-state index contributed by atoms with van der Waals surface area (Å²) in [5.41, 5.74) is 18.5. The first kappa shape index (κ1) is 33.2. The number of benzene rings is 8. The van der Waals surface area contributed by atoms with E-state index in [9.17, 15) is 0 Å². The van der Waals surface area contributed by atoms with Crippen LogP contribution in [0.3, 0.4) is 0 Å². The number of aromatic nitrogens is 1. The van der Waals surface area contributed by atoms with E-state index in [0.717, 1.165) is 12.8 Å². The van der Waals surface area contributed by atoms with E-state index in [4.69, 9.17) is 0 Å². The standard InChI is InChI=1S/C54H43N/c1-54(2)49-24-11-9-22-47(49)53-46(23-14-25-50(53)54)44(40-30-28-39(29-31-40)38-16-5-3-6-17-38)33-27-37-15-13-18-41(35-37)42-32-34-52-48(36-42)45-21-10-12-26-51(45)55(52)43-19-7-4-8-20-43/h3-26,28-32,34-36,44H,27,33H2,1-2H3. The number of hydrogen-bond donors (Lipinski definition) is 0. The minimum Gasteiger partial charge on any atom is -0.309 e. The van der Waals surface area contributed by atoms with Crippen molar-refractivity contribution in [2.45, 2.75) is 38.0 Å². The largest absolute Gasteiger partial charge is 0.309 e. The van der Waals surface area contributed by atoms with Gasteiger partial charge < -0.3 is 4.57 Å². The molecule has 1 heteroatoms. The third kappa shape index (κ3) is 5.70. The fourth-order valence-corrected chi connectivity index (χ4v) is 9.34. The highest BCUT2D eigenvalue weighted by Crippen LogP contribution is 2.52. The lowest BCUT2D eigenvalue weighted by Gasteiger charge is -2.24. The topological polar surface area (TPSA) is 4.93 Å². The number of rotatable bonds is 8. The molecule has 55 heavy (non-hydrogen) atoms. The first-order valence-electron chi connectivity index (χ1n) is 19.6. The van der Waals surface area contributed by atoms with Gasteiger partial charge in [-0.15, -0.1) is 0 Å². The highest BCUT2D eigenvalue weighted by Gasteiger charge is 2.37. The number of fused-ring (bicyclic) bond motifs is 6. The second kappa shape index (κ2) is 13.4. The predicted molar refractivity (Wildman–Crippen MR) is 232 cm³/mol. The first-order chi connectivity index (χ1) is 27.0. The Morgan fingerprint density at radius 3 is 1.93 bits per heavy atom. The number of hydrogen-bond acceptors (Lipinski definition) is 0. The molecule has 0 bridgehead atoms. The van der Waals surface area contributed by atoms with Gasteiger partial charge in [0.1, 0.15) is 0 Å². The fraction of sp³-hybridized carbons (Fsp3) is 0.111. The molecular weight excluding hydrogens is 663 g/mol. The van der Waals surface area contributed by atoms with Crippen molar-refractivity contribution in [1.82, 2.24) is 4.57 Å². The highest BCUT2D eigenvalue weighted by molar-refractivity contribution is 6.10. The summed E-state index contributed by atoms with van der Waals surface area (Å²) < 4.78 is 2.39. The van der Waals surface area contributed by atoms with E-state index in [1.807, 2.05) is 0 Å². The van der Waals surface area contributed by atoms with E-state index in [1.54, 1.807) is 0 Å². The Morgan fingerprint density at radius 1 is 0.473 bits per heavy atom. The lowest BCUT2D eigenvalue weighted by Crippen LogP contribution is -2.15. The molecule has 8 aromatic carbocycles. The molecule has 0 radical (unpaired) electrons. The molecule has 10 rings (SSSR count). The van der Waals surface area contributed by atoms with E-state index in [1.165, 1.54) is 88.7 Å². The maximum atomic E-state index is 2.42. The molecule has 0 aliphatic heterocycles. The Kier molecular flexibility index (Phi) is 8.11. The Balaban J connectivity index is 1.02. The quantitative estimate of drug-likeness (QED) is 0.148. The van der Waals surface area contributed by atoms with Gasteiger partial charge in [-0.1, -0.05) is 178 Å². The SMILES string of the molecule is CC1(C)c2ccccc2-c2c(C(CCc3cccc(-c4ccc5c(c4)c4ccccc4n5-c4ccccc4)c3)c3ccc(-c4ccccc4)cc3)cccc21. The summed E-state index contributed by atoms with van der Waals surface area (Å²) in [4.78, 5) is 0. The molecule has 0 amide bonds. The molecule has 1 unspecified atom stereocenters. The molecule has 9 aromatic rings. The van der Waals surface area contributed by atoms with Gasteiger partial charge in [0.25, 0.3) is 0 Å². The van der Waals surface area contributed by atoms with Crippen LogP contribution >= 0.6 is 0 Å². The van der Waals surface area contributed by atoms with Gasteiger partial charge in [-0.25, -0.2) is 0 Å². The molecule has 1 aliphatic carbocycles. The highest BCUT2D eigenvalue weighted by atomic mass is 15.0. The lowest BCUT2D eigenvalue weighted by molar-refractivity contribution is 0.657. The summed E-state index contributed by atoms with van der Waals surface area (Å²) in [6.07, 6.45) is 1.99. The van der Waals surface area contributed by atoms with Gasteiger partial charge in [0, 0.05) is 27.8 Å². The molecule has 0 fully saturated rings. The van der Waals surface area contributed by atoms with Crippen LogP contribution in [0.15, 0.2) is 194 Å². The van der Waals surface area contributed by atoms with Gasteiger partial charge in [-0.3, -0.25) is 0 Å². The van der Waals surface area contributed by atoms with Crippen LogP contribution in [0, 0.1) is 0 Å². The fourth-order valence-electron chi connectivity index (χ4n) is 9.34. The van der Waals surface area contributed by atoms with Gasteiger partial charge >= 0.3 is 0 Å². The summed E-state index contributed by atoms with van der Waals surface area (Å²) in [6, 6.07) is 71.9. The van der Waals surface area contributed by atoms with Crippen molar-refractivity contribution in [2.75, 3.05) is 0 Å². The average molecular weight is 706 g/mol. The second-order valence-corrected chi connectivity index (χ2v) is 15.6. The number of aryl methyl sites for hydroxylation is 1. The normalized spacial score (nSPS) is 13.5. The van der Waals surface area contributed by atoms with Crippen LogP contribution in [0.5, 0.6) is 0 Å². The number of nitrogens with zero attached hydrogens (tertiary/aromatic N) is 1. The van der Waals surface area contributed by atoms with Crippen molar-refractivity contribution in [3.63, 3.8) is 0 Å². The summed E-state index contributed by atoms with van der Waals surface area (Å²) in [5, 5.41) is 2.56. The molecule has 1 heterocycles. The average Bonchev–Trinajstić information content (AvgIpc) is 3.70. The minimum absolute atomic E-state index is 0.0352. The predicted octanol–water partition coefficient (Wildman–Crippen LogP) is 14.2. The van der Waals surface area contributed by atoms with Crippen LogP contribution in [-0.4, -0.2) is 4.57 Å². The van der Waals surface area contributed by atoms with Crippen LogP contribution < -0.4 is 0 Å². The van der Waals surface area contributed by atoms with E-state index >= 15 is 0 Å². The molecule has 1 aromatic heterocycles. The molecule has 1 aliphatic rings. The van der Waals surface area contributed by atoms with Crippen molar-refractivity contribution < 1.29 is 0 Å². The van der Waals surface area contributed by atoms with E-state index < -0.39 is 0 Å². The van der Waals surface area contributed by atoms with Crippen molar-refractivity contribution in [1.29, 1.82) is 0 Å². The summed E-state index contributed by atoms with van der Waals surface area (Å²) >= 11 is 0. The van der Waals surface area contributed by atoms with Crippen molar-refractivity contribution >= 4 is 21.8 Å². The monoisotopic (exact) mass is 705 g/mol. The first-order valence-corrected chi connectivity index (χ1v) is 19.6. The van der Waals surface area contributed by atoms with Crippen LogP contribution in [0.25, 0.3) is 60.9 Å². The Bertz CT molecular complexity index is 2820. The van der Waals surface area contributed by atoms with Crippen LogP contribution in [0.4, 0.5) is 0 Å². The summed E-state index contributed by atoms with van der Waals surface area (Å²) in [6.45, 7) is 4.76. The van der Waals surface area contributed by atoms with Crippen LogP contribution in [0.2, 0.25) is 0 Å². The van der Waals surface area contributed by atoms with E-state index in [0.29, 0.717) is 0 Å². The van der Waals surface area contributed by atoms with Crippen molar-refractivity contribution in [3.05, 3.63) is 222 Å². The zero-order chi connectivity index (χ0) is 36.9. The Labute approximate surface area is 324 Å². The Hall–Kier alpha value is -6.44. The lowest BCUT2D eigenvalue weighted by atomic mass is 9.79. The third-order valence-electron chi connectivity index (χ3n) is 12.1. The molecule has 0 saturated carbocycles. The molecule has 0 spiro atoms. The van der Waals surface area contributed by atoms with Gasteiger partial charge in [-0.05, 0) is 104 Å². The van der Waals surface area contributed by atoms with Gasteiger partial charge in [0.05, 0.1) is 11.0 Å². The molecule has 0 N–H and O–H groups in total. The minimum atomic E-state index is -0.0352. The van der Waals surface area contributed by atoms with Crippen LogP contribution in [0.1, 0.15) is 54.0 Å². The molecule has 0 saturated heterocycles. The molecular formula is C54H43N. The van der Waals surface area contributed by atoms with Crippen LogP contribution in [-0.2, 0) is 11.8 Å². The molecule has 1 atom stereocenters. The van der Waals surface area contributed by atoms with Gasteiger partial charge in [-0.2, -0.15) is 0 Å². The zero-order valence-electron chi connectivity index (χ0n) is 31.4. The molecule has 1 nitrogen and oxygen atoms in total. The van der Waals surface area contributed by atoms with E-state index in [2.05, 4.69) is 213 Å². The van der Waals surface area contributed by atoms with E-state index in [-0.39, 0.29) is 11.3 Å². The maximum Gasteiger partial charge on any atom is 0.0541 e. The number of para-hydroxylation sites is 2. The van der Waals surface area contributed by atoms with Gasteiger partial charge in [0.15, 0.2) is 0 Å². The third-order valence-corrected chi connectivity index (χ3v) is 12.1. The van der Waals surface area contributed by atoms with Crippen molar-refractivity contribution in [3.8, 4) is 39.1 Å². The smallest absolute Gasteiger partial charge is 0.0541 e. The van der Waals surface area contributed by atoms with Crippen molar-refractivity contribution in [2.24, 2.45) is 0 Å². The maximum absolute atomic E-state index is 2.42. The van der Waals surface area contributed by atoms with Gasteiger partial charge in [0.2, 0.25) is 0 Å². The Morgan fingerprint density at radius 2 is 1.09 bits per heavy atom. The second-order valence-electron chi connectivity index (χ2n) is 15.6. The summed E-state index contributed by atoms with van der Waals surface area (Å²) in [5.74, 6) is 0.242.